The van der Waals surface area contributed by atoms with Crippen LogP contribution in [0, 0.1) is 0 Å². The second kappa shape index (κ2) is 4.75. The van der Waals surface area contributed by atoms with Crippen molar-refractivity contribution in [3.63, 3.8) is 0 Å². The Labute approximate surface area is 102 Å². The summed E-state index contributed by atoms with van der Waals surface area (Å²) in [4.78, 5) is 11.6. The van der Waals surface area contributed by atoms with Crippen molar-refractivity contribution < 1.29 is 4.79 Å². The van der Waals surface area contributed by atoms with Crippen LogP contribution >= 0.6 is 0 Å². The van der Waals surface area contributed by atoms with Crippen LogP contribution in [0.25, 0.3) is 0 Å². The first kappa shape index (κ1) is 11.9. The summed E-state index contributed by atoms with van der Waals surface area (Å²) >= 11 is 0. The summed E-state index contributed by atoms with van der Waals surface area (Å²) < 4.78 is 0. The molecule has 1 aromatic carbocycles. The molecule has 1 atom stereocenters. The van der Waals surface area contributed by atoms with E-state index >= 15 is 0 Å². The van der Waals surface area contributed by atoms with Gasteiger partial charge in [0.1, 0.15) is 0 Å². The third-order valence-corrected chi connectivity index (χ3v) is 3.21. The van der Waals surface area contributed by atoms with Crippen LogP contribution < -0.4 is 10.7 Å². The maximum Gasteiger partial charge on any atom is 0.242 e. The number of hydrogen-bond donors (Lipinski definition) is 1. The number of anilines is 1. The SMILES string of the molecule is CC1CC(=O)N(C)N1c1ccc(CCN)cc1. The topological polar surface area (TPSA) is 49.6 Å². The standard InChI is InChI=1S/C13H19N3O/c1-10-9-13(17)15(2)16(10)12-5-3-11(4-6-12)7-8-14/h3-6,10H,7-9,14H2,1-2H3. The summed E-state index contributed by atoms with van der Waals surface area (Å²) in [6.45, 7) is 2.73. The van der Waals surface area contributed by atoms with E-state index in [2.05, 4.69) is 31.2 Å². The van der Waals surface area contributed by atoms with Gasteiger partial charge in [0.15, 0.2) is 0 Å². The molecule has 0 aromatic heterocycles. The molecule has 0 spiro atoms. The second-order valence-corrected chi connectivity index (χ2v) is 4.52. The van der Waals surface area contributed by atoms with Crippen LogP contribution in [0.2, 0.25) is 0 Å². The normalized spacial score (nSPS) is 20.2. The van der Waals surface area contributed by atoms with Crippen LogP contribution in [0.3, 0.4) is 0 Å². The van der Waals surface area contributed by atoms with Gasteiger partial charge in [-0.15, -0.1) is 0 Å². The minimum atomic E-state index is 0.170. The van der Waals surface area contributed by atoms with Gasteiger partial charge in [-0.25, -0.2) is 0 Å². The highest BCUT2D eigenvalue weighted by atomic mass is 16.2. The van der Waals surface area contributed by atoms with Gasteiger partial charge in [0.25, 0.3) is 0 Å². The first-order chi connectivity index (χ1) is 8.13. The number of benzene rings is 1. The molecular weight excluding hydrogens is 214 g/mol. The van der Waals surface area contributed by atoms with E-state index in [9.17, 15) is 4.79 Å². The number of carbonyl (C=O) groups excluding carboxylic acids is 1. The number of rotatable bonds is 3. The van der Waals surface area contributed by atoms with Crippen LogP contribution in [-0.4, -0.2) is 30.6 Å². The molecule has 1 aliphatic rings. The molecule has 17 heavy (non-hydrogen) atoms. The Morgan fingerprint density at radius 1 is 1.35 bits per heavy atom. The first-order valence-electron chi connectivity index (χ1n) is 5.98. The van der Waals surface area contributed by atoms with Crippen molar-refractivity contribution in [1.29, 1.82) is 0 Å². The molecule has 0 bridgehead atoms. The number of carbonyl (C=O) groups is 1. The molecule has 1 amide bonds. The Morgan fingerprint density at radius 2 is 2.00 bits per heavy atom. The molecule has 2 rings (SSSR count). The zero-order chi connectivity index (χ0) is 12.4. The lowest BCUT2D eigenvalue weighted by atomic mass is 10.1. The van der Waals surface area contributed by atoms with Crippen LogP contribution in [0.5, 0.6) is 0 Å². The molecule has 1 saturated heterocycles. The lowest BCUT2D eigenvalue weighted by Gasteiger charge is -2.29. The molecule has 1 fully saturated rings. The molecule has 0 saturated carbocycles. The van der Waals surface area contributed by atoms with Gasteiger partial charge in [0.05, 0.1) is 18.2 Å². The Bertz CT molecular complexity index is 402. The summed E-state index contributed by atoms with van der Waals surface area (Å²) in [5.74, 6) is 0.170. The highest BCUT2D eigenvalue weighted by molar-refractivity contribution is 5.82. The monoisotopic (exact) mass is 233 g/mol. The van der Waals surface area contributed by atoms with Crippen molar-refractivity contribution in [1.82, 2.24) is 5.01 Å². The van der Waals surface area contributed by atoms with Gasteiger partial charge in [0, 0.05) is 7.05 Å². The van der Waals surface area contributed by atoms with E-state index in [-0.39, 0.29) is 11.9 Å². The molecule has 1 aromatic rings. The number of nitrogens with zero attached hydrogens (tertiary/aromatic N) is 2. The predicted octanol–water partition coefficient (Wildman–Crippen LogP) is 1.16. The fraction of sp³-hybridized carbons (Fsp3) is 0.462. The molecule has 92 valence electrons. The lowest BCUT2D eigenvalue weighted by molar-refractivity contribution is -0.126. The van der Waals surface area contributed by atoms with Gasteiger partial charge in [0.2, 0.25) is 5.91 Å². The Morgan fingerprint density at radius 3 is 2.47 bits per heavy atom. The Hall–Kier alpha value is -1.55. The predicted molar refractivity (Wildman–Crippen MR) is 68.5 cm³/mol. The summed E-state index contributed by atoms with van der Waals surface area (Å²) in [7, 11) is 1.82. The van der Waals surface area contributed by atoms with Gasteiger partial charge in [-0.1, -0.05) is 12.1 Å². The van der Waals surface area contributed by atoms with Crippen LogP contribution in [0.4, 0.5) is 5.69 Å². The lowest BCUT2D eigenvalue weighted by Crippen LogP contribution is -2.38. The van der Waals surface area contributed by atoms with Gasteiger partial charge in [-0.05, 0) is 37.6 Å². The maximum absolute atomic E-state index is 11.6. The van der Waals surface area contributed by atoms with Crippen molar-refractivity contribution in [2.75, 3.05) is 18.6 Å². The second-order valence-electron chi connectivity index (χ2n) is 4.52. The zero-order valence-electron chi connectivity index (χ0n) is 10.4. The highest BCUT2D eigenvalue weighted by Crippen LogP contribution is 2.26. The third kappa shape index (κ3) is 2.26. The number of hydrogen-bond acceptors (Lipinski definition) is 3. The van der Waals surface area contributed by atoms with Gasteiger partial charge < -0.3 is 5.73 Å². The largest absolute Gasteiger partial charge is 0.330 e. The smallest absolute Gasteiger partial charge is 0.242 e. The molecule has 4 heteroatoms. The number of hydrazine groups is 1. The van der Waals surface area contributed by atoms with Crippen LogP contribution in [-0.2, 0) is 11.2 Å². The van der Waals surface area contributed by atoms with E-state index in [1.54, 1.807) is 5.01 Å². The zero-order valence-corrected chi connectivity index (χ0v) is 10.4. The summed E-state index contributed by atoms with van der Waals surface area (Å²) in [5, 5.41) is 3.73. The van der Waals surface area contributed by atoms with Gasteiger partial charge in [-0.3, -0.25) is 14.8 Å². The van der Waals surface area contributed by atoms with Crippen molar-refractivity contribution in [3.05, 3.63) is 29.8 Å². The maximum atomic E-state index is 11.6. The van der Waals surface area contributed by atoms with Gasteiger partial charge in [-0.2, -0.15) is 0 Å². The molecule has 1 aliphatic heterocycles. The van der Waals surface area contributed by atoms with E-state index < -0.39 is 0 Å². The quantitative estimate of drug-likeness (QED) is 0.852. The van der Waals surface area contributed by atoms with Gasteiger partial charge >= 0.3 is 0 Å². The number of amides is 1. The van der Waals surface area contributed by atoms with E-state index in [1.807, 2.05) is 12.1 Å². The molecule has 4 nitrogen and oxygen atoms in total. The average Bonchev–Trinajstić information content (AvgIpc) is 2.55. The summed E-state index contributed by atoms with van der Waals surface area (Å²) in [5.41, 5.74) is 7.81. The first-order valence-corrected chi connectivity index (χ1v) is 5.98. The summed E-state index contributed by atoms with van der Waals surface area (Å²) in [6.07, 6.45) is 1.48. The van der Waals surface area contributed by atoms with Crippen LogP contribution in [0.15, 0.2) is 24.3 Å². The van der Waals surface area contributed by atoms with E-state index in [0.717, 1.165) is 12.1 Å². The molecule has 1 heterocycles. The fourth-order valence-electron chi connectivity index (χ4n) is 2.30. The van der Waals surface area contributed by atoms with Crippen LogP contribution in [0.1, 0.15) is 18.9 Å². The molecule has 1 unspecified atom stereocenters. The molecule has 0 aliphatic carbocycles. The van der Waals surface area contributed by atoms with E-state index in [1.165, 1.54) is 5.56 Å². The fourth-order valence-corrected chi connectivity index (χ4v) is 2.30. The summed E-state index contributed by atoms with van der Waals surface area (Å²) in [6, 6.07) is 8.48. The highest BCUT2D eigenvalue weighted by Gasteiger charge is 2.32. The minimum absolute atomic E-state index is 0.170. The molecule has 2 N–H and O–H groups in total. The van der Waals surface area contributed by atoms with Crippen molar-refractivity contribution in [2.24, 2.45) is 5.73 Å². The Kier molecular flexibility index (Phi) is 3.33. The van der Waals surface area contributed by atoms with Crippen molar-refractivity contribution in [2.45, 2.75) is 25.8 Å². The van der Waals surface area contributed by atoms with Crippen molar-refractivity contribution >= 4 is 11.6 Å². The minimum Gasteiger partial charge on any atom is -0.330 e. The molecular formula is C13H19N3O. The Balaban J connectivity index is 2.19. The number of nitrogens with two attached hydrogens (primary N) is 1. The average molecular weight is 233 g/mol. The van der Waals surface area contributed by atoms with E-state index in [0.29, 0.717) is 13.0 Å². The molecule has 0 radical (unpaired) electrons. The van der Waals surface area contributed by atoms with E-state index in [4.69, 9.17) is 5.73 Å². The van der Waals surface area contributed by atoms with Crippen molar-refractivity contribution in [3.8, 4) is 0 Å². The third-order valence-electron chi connectivity index (χ3n) is 3.21.